The van der Waals surface area contributed by atoms with Crippen LogP contribution in [-0.4, -0.2) is 24.6 Å². The summed E-state index contributed by atoms with van der Waals surface area (Å²) in [6.07, 6.45) is 0.523. The van der Waals surface area contributed by atoms with Gasteiger partial charge in [0, 0.05) is 25.6 Å². The molecule has 1 aliphatic heterocycles. The first-order valence-corrected chi connectivity index (χ1v) is 7.84. The van der Waals surface area contributed by atoms with Crippen molar-refractivity contribution in [2.75, 3.05) is 17.0 Å². The number of amides is 2. The molecule has 0 saturated heterocycles. The Morgan fingerprint density at radius 2 is 1.92 bits per heavy atom. The standard InChI is InChI=1S/C19H16N4O2/c1-22(16-9-5-6-14(12-16)13-20)19(25)17-10-11-18(24)23(21-17)15-7-3-2-4-8-15/h2-9,12H,10-11H2,1H3. The predicted octanol–water partition coefficient (Wildman–Crippen LogP) is 2.70. The quantitative estimate of drug-likeness (QED) is 0.867. The van der Waals surface area contributed by atoms with Gasteiger partial charge in [0.05, 0.1) is 17.3 Å². The molecule has 2 aromatic rings. The summed E-state index contributed by atoms with van der Waals surface area (Å²) < 4.78 is 0. The third-order valence-corrected chi connectivity index (χ3v) is 3.95. The normalized spacial score (nSPS) is 13.8. The van der Waals surface area contributed by atoms with Crippen LogP contribution in [0.1, 0.15) is 18.4 Å². The molecule has 0 radical (unpaired) electrons. The first-order valence-electron chi connectivity index (χ1n) is 7.84. The van der Waals surface area contributed by atoms with E-state index in [4.69, 9.17) is 5.26 Å². The van der Waals surface area contributed by atoms with Crippen molar-refractivity contribution in [1.29, 1.82) is 5.26 Å². The lowest BCUT2D eigenvalue weighted by Crippen LogP contribution is -2.40. The van der Waals surface area contributed by atoms with Gasteiger partial charge < -0.3 is 4.90 Å². The molecular weight excluding hydrogens is 316 g/mol. The lowest BCUT2D eigenvalue weighted by Gasteiger charge is -2.25. The third-order valence-electron chi connectivity index (χ3n) is 3.95. The van der Waals surface area contributed by atoms with Gasteiger partial charge in [-0.1, -0.05) is 24.3 Å². The van der Waals surface area contributed by atoms with Gasteiger partial charge in [0.25, 0.3) is 5.91 Å². The summed E-state index contributed by atoms with van der Waals surface area (Å²) in [4.78, 5) is 26.3. The minimum atomic E-state index is -0.288. The number of benzene rings is 2. The number of hydrogen-bond acceptors (Lipinski definition) is 4. The van der Waals surface area contributed by atoms with E-state index in [1.54, 1.807) is 43.4 Å². The molecule has 3 rings (SSSR count). The molecule has 25 heavy (non-hydrogen) atoms. The van der Waals surface area contributed by atoms with Crippen molar-refractivity contribution in [2.45, 2.75) is 12.8 Å². The lowest BCUT2D eigenvalue weighted by atomic mass is 10.1. The van der Waals surface area contributed by atoms with Crippen molar-refractivity contribution in [3.8, 4) is 6.07 Å². The second-order valence-electron chi connectivity index (χ2n) is 5.61. The molecule has 0 bridgehead atoms. The average Bonchev–Trinajstić information content (AvgIpc) is 2.68. The second kappa shape index (κ2) is 6.97. The predicted molar refractivity (Wildman–Crippen MR) is 95.2 cm³/mol. The summed E-state index contributed by atoms with van der Waals surface area (Å²) in [5.74, 6) is -0.430. The van der Waals surface area contributed by atoms with Crippen LogP contribution in [0.4, 0.5) is 11.4 Å². The smallest absolute Gasteiger partial charge is 0.274 e. The van der Waals surface area contributed by atoms with Crippen molar-refractivity contribution in [3.63, 3.8) is 0 Å². The van der Waals surface area contributed by atoms with Crippen molar-refractivity contribution in [3.05, 3.63) is 60.2 Å². The minimum absolute atomic E-state index is 0.142. The Bertz CT molecular complexity index is 884. The van der Waals surface area contributed by atoms with Crippen LogP contribution in [0.5, 0.6) is 0 Å². The highest BCUT2D eigenvalue weighted by Gasteiger charge is 2.27. The first kappa shape index (κ1) is 16.4. The van der Waals surface area contributed by atoms with E-state index in [2.05, 4.69) is 11.2 Å². The molecule has 0 N–H and O–H groups in total. The van der Waals surface area contributed by atoms with E-state index >= 15 is 0 Å². The maximum absolute atomic E-state index is 12.8. The van der Waals surface area contributed by atoms with Crippen molar-refractivity contribution >= 4 is 28.9 Å². The Balaban J connectivity index is 1.88. The number of para-hydroxylation sites is 1. The second-order valence-corrected chi connectivity index (χ2v) is 5.61. The number of hydrogen-bond donors (Lipinski definition) is 0. The Labute approximate surface area is 145 Å². The van der Waals surface area contributed by atoms with Gasteiger partial charge in [-0.3, -0.25) is 9.59 Å². The minimum Gasteiger partial charge on any atom is -0.310 e. The lowest BCUT2D eigenvalue weighted by molar-refractivity contribution is -0.118. The molecule has 2 aromatic carbocycles. The fraction of sp³-hybridized carbons (Fsp3) is 0.158. The SMILES string of the molecule is CN(C(=O)C1=NN(c2ccccc2)C(=O)CC1)c1cccc(C#N)c1. The highest BCUT2D eigenvalue weighted by molar-refractivity contribution is 6.44. The number of hydrazone groups is 1. The molecular formula is C19H16N4O2. The summed E-state index contributed by atoms with van der Waals surface area (Å²) in [6.45, 7) is 0. The summed E-state index contributed by atoms with van der Waals surface area (Å²) in [5.41, 5.74) is 2.03. The molecule has 124 valence electrons. The largest absolute Gasteiger partial charge is 0.310 e. The zero-order valence-corrected chi connectivity index (χ0v) is 13.7. The highest BCUT2D eigenvalue weighted by atomic mass is 16.2. The van der Waals surface area contributed by atoms with Crippen LogP contribution in [0, 0.1) is 11.3 Å². The molecule has 1 heterocycles. The van der Waals surface area contributed by atoms with Gasteiger partial charge in [0.1, 0.15) is 5.71 Å². The summed E-state index contributed by atoms with van der Waals surface area (Å²) >= 11 is 0. The van der Waals surface area contributed by atoms with Crippen LogP contribution in [0.3, 0.4) is 0 Å². The highest BCUT2D eigenvalue weighted by Crippen LogP contribution is 2.21. The van der Waals surface area contributed by atoms with Crippen LogP contribution in [0.2, 0.25) is 0 Å². The summed E-state index contributed by atoms with van der Waals surface area (Å²) in [6, 6.07) is 17.9. The van der Waals surface area contributed by atoms with Gasteiger partial charge in [-0.2, -0.15) is 10.4 Å². The molecule has 0 unspecified atom stereocenters. The number of rotatable bonds is 3. The molecule has 2 amide bonds. The monoisotopic (exact) mass is 332 g/mol. The molecule has 0 saturated carbocycles. The van der Waals surface area contributed by atoms with Crippen LogP contribution in [0.15, 0.2) is 59.7 Å². The Morgan fingerprint density at radius 3 is 2.64 bits per heavy atom. The zero-order valence-electron chi connectivity index (χ0n) is 13.7. The Hall–Kier alpha value is -3.46. The number of nitrogens with zero attached hydrogens (tertiary/aromatic N) is 4. The van der Waals surface area contributed by atoms with Gasteiger partial charge in [0.15, 0.2) is 0 Å². The zero-order chi connectivity index (χ0) is 17.8. The molecule has 0 spiro atoms. The van der Waals surface area contributed by atoms with E-state index < -0.39 is 0 Å². The third kappa shape index (κ3) is 3.40. The molecule has 0 aliphatic carbocycles. The number of carbonyl (C=O) groups excluding carboxylic acids is 2. The fourth-order valence-electron chi connectivity index (χ4n) is 2.57. The van der Waals surface area contributed by atoms with E-state index in [0.717, 1.165) is 0 Å². The molecule has 0 atom stereocenters. The van der Waals surface area contributed by atoms with Crippen LogP contribution < -0.4 is 9.91 Å². The van der Waals surface area contributed by atoms with E-state index in [9.17, 15) is 9.59 Å². The van der Waals surface area contributed by atoms with Gasteiger partial charge in [-0.05, 0) is 30.3 Å². The Morgan fingerprint density at radius 1 is 1.16 bits per heavy atom. The maximum Gasteiger partial charge on any atom is 0.274 e. The maximum atomic E-state index is 12.8. The Kier molecular flexibility index (Phi) is 4.57. The van der Waals surface area contributed by atoms with Gasteiger partial charge in [-0.15, -0.1) is 0 Å². The van der Waals surface area contributed by atoms with Crippen LogP contribution in [0.25, 0.3) is 0 Å². The van der Waals surface area contributed by atoms with E-state index in [1.165, 1.54) is 9.91 Å². The molecule has 6 heteroatoms. The van der Waals surface area contributed by atoms with E-state index in [0.29, 0.717) is 29.1 Å². The van der Waals surface area contributed by atoms with Gasteiger partial charge in [-0.25, -0.2) is 5.01 Å². The van der Waals surface area contributed by atoms with Crippen LogP contribution >= 0.6 is 0 Å². The number of nitriles is 1. The molecule has 0 fully saturated rings. The summed E-state index contributed by atoms with van der Waals surface area (Å²) in [5, 5.41) is 14.5. The van der Waals surface area contributed by atoms with Gasteiger partial charge in [0.2, 0.25) is 5.91 Å². The summed E-state index contributed by atoms with van der Waals surface area (Å²) in [7, 11) is 1.63. The van der Waals surface area contributed by atoms with Crippen molar-refractivity contribution < 1.29 is 9.59 Å². The van der Waals surface area contributed by atoms with Crippen molar-refractivity contribution in [2.24, 2.45) is 5.10 Å². The molecule has 1 aliphatic rings. The molecule has 6 nitrogen and oxygen atoms in total. The number of anilines is 2. The van der Waals surface area contributed by atoms with Crippen molar-refractivity contribution in [1.82, 2.24) is 0 Å². The first-order chi connectivity index (χ1) is 12.1. The fourth-order valence-corrected chi connectivity index (χ4v) is 2.57. The topological polar surface area (TPSA) is 76.8 Å². The molecule has 0 aromatic heterocycles. The average molecular weight is 332 g/mol. The van der Waals surface area contributed by atoms with Crippen LogP contribution in [-0.2, 0) is 9.59 Å². The van der Waals surface area contributed by atoms with Gasteiger partial charge >= 0.3 is 0 Å². The van der Waals surface area contributed by atoms with E-state index in [1.807, 2.05) is 18.2 Å². The van der Waals surface area contributed by atoms with E-state index in [-0.39, 0.29) is 18.2 Å². The number of carbonyl (C=O) groups is 2.